The van der Waals surface area contributed by atoms with E-state index in [2.05, 4.69) is 0 Å². The summed E-state index contributed by atoms with van der Waals surface area (Å²) in [6.45, 7) is 2.54. The van der Waals surface area contributed by atoms with Gasteiger partial charge in [0.1, 0.15) is 6.10 Å². The smallest absolute Gasteiger partial charge is 0.427 e. The summed E-state index contributed by atoms with van der Waals surface area (Å²) in [6.07, 6.45) is -0.0964. The van der Waals surface area contributed by atoms with Crippen molar-refractivity contribution < 1.29 is 19.0 Å². The third kappa shape index (κ3) is 1.07. The van der Waals surface area contributed by atoms with Crippen LogP contribution in [-0.2, 0) is 14.2 Å². The Hall–Kier alpha value is -0.770. The van der Waals surface area contributed by atoms with Gasteiger partial charge in [0.25, 0.3) is 0 Å². The van der Waals surface area contributed by atoms with Crippen molar-refractivity contribution >= 4 is 6.16 Å². The Bertz CT molecular complexity index is 179. The van der Waals surface area contributed by atoms with Gasteiger partial charge in [-0.3, -0.25) is 0 Å². The highest BCUT2D eigenvalue weighted by atomic mass is 16.8. The van der Waals surface area contributed by atoms with Crippen molar-refractivity contribution in [2.24, 2.45) is 0 Å². The molecule has 11 heavy (non-hydrogen) atoms. The summed E-state index contributed by atoms with van der Waals surface area (Å²) < 4.78 is 15.1. The Morgan fingerprint density at radius 1 is 1.45 bits per heavy atom. The molecule has 0 aromatic rings. The van der Waals surface area contributed by atoms with Gasteiger partial charge in [-0.1, -0.05) is 0 Å². The zero-order valence-electron chi connectivity index (χ0n) is 6.28. The first-order valence-corrected chi connectivity index (χ1v) is 3.76. The molecule has 4 heteroatoms. The first-order valence-electron chi connectivity index (χ1n) is 3.76. The molecular weight excluding hydrogens is 148 g/mol. The second-order valence-electron chi connectivity index (χ2n) is 2.85. The van der Waals surface area contributed by atoms with Crippen molar-refractivity contribution in [3.63, 3.8) is 0 Å². The van der Waals surface area contributed by atoms with E-state index >= 15 is 0 Å². The van der Waals surface area contributed by atoms with Crippen LogP contribution in [0.5, 0.6) is 0 Å². The van der Waals surface area contributed by atoms with E-state index < -0.39 is 6.16 Å². The molecule has 2 rings (SSSR count). The Morgan fingerprint density at radius 3 is 3.00 bits per heavy atom. The molecule has 2 aliphatic heterocycles. The molecule has 0 radical (unpaired) electrons. The van der Waals surface area contributed by atoms with Gasteiger partial charge in [-0.25, -0.2) is 4.79 Å². The molecule has 0 aromatic heterocycles. The fourth-order valence-electron chi connectivity index (χ4n) is 1.49. The van der Waals surface area contributed by atoms with Crippen LogP contribution in [0.25, 0.3) is 0 Å². The van der Waals surface area contributed by atoms with Crippen LogP contribution < -0.4 is 0 Å². The lowest BCUT2D eigenvalue weighted by Gasteiger charge is -2.26. The van der Waals surface area contributed by atoms with Gasteiger partial charge < -0.3 is 14.2 Å². The Labute approximate surface area is 64.4 Å². The molecule has 2 saturated heterocycles. The third-order valence-electron chi connectivity index (χ3n) is 2.09. The number of hydrogen-bond acceptors (Lipinski definition) is 4. The van der Waals surface area contributed by atoms with Crippen LogP contribution in [0.1, 0.15) is 13.3 Å². The number of fused-ring (bicyclic) bond motifs is 1. The van der Waals surface area contributed by atoms with Crippen LogP contribution in [0, 0.1) is 0 Å². The minimum atomic E-state index is -0.558. The molecule has 2 heterocycles. The highest BCUT2D eigenvalue weighted by Gasteiger charge is 2.43. The van der Waals surface area contributed by atoms with E-state index in [0.717, 1.165) is 6.42 Å². The fraction of sp³-hybridized carbons (Fsp3) is 0.857. The molecule has 0 N–H and O–H groups in total. The quantitative estimate of drug-likeness (QED) is 0.487. The Balaban J connectivity index is 2.09. The van der Waals surface area contributed by atoms with Crippen molar-refractivity contribution in [3.05, 3.63) is 0 Å². The summed E-state index contributed by atoms with van der Waals surface area (Å²) >= 11 is 0. The van der Waals surface area contributed by atoms with Gasteiger partial charge >= 0.3 is 6.16 Å². The second-order valence-corrected chi connectivity index (χ2v) is 2.85. The summed E-state index contributed by atoms with van der Waals surface area (Å²) in [7, 11) is 0. The summed E-state index contributed by atoms with van der Waals surface area (Å²) in [6, 6.07) is 0. The van der Waals surface area contributed by atoms with E-state index in [-0.39, 0.29) is 18.3 Å². The molecule has 62 valence electrons. The highest BCUT2D eigenvalue weighted by Crippen LogP contribution is 2.26. The zero-order chi connectivity index (χ0) is 7.84. The van der Waals surface area contributed by atoms with Crippen LogP contribution in [0.2, 0.25) is 0 Å². The molecule has 2 fully saturated rings. The zero-order valence-corrected chi connectivity index (χ0v) is 6.28. The number of hydrogen-bond donors (Lipinski definition) is 0. The molecule has 3 unspecified atom stereocenters. The molecule has 0 saturated carbocycles. The standard InChI is InChI=1S/C7H10O4/c1-4-6-5(2-3-9-4)10-7(8)11-6/h4-6H,2-3H2,1H3. The van der Waals surface area contributed by atoms with Gasteiger partial charge in [-0.2, -0.15) is 0 Å². The number of carbonyl (C=O) groups is 1. The average Bonchev–Trinajstić information content (AvgIpc) is 2.31. The van der Waals surface area contributed by atoms with Gasteiger partial charge in [-0.15, -0.1) is 0 Å². The Morgan fingerprint density at radius 2 is 2.27 bits per heavy atom. The molecule has 0 aliphatic carbocycles. The van der Waals surface area contributed by atoms with Crippen molar-refractivity contribution in [2.45, 2.75) is 31.7 Å². The van der Waals surface area contributed by atoms with Crippen LogP contribution in [0.15, 0.2) is 0 Å². The van der Waals surface area contributed by atoms with Crippen molar-refractivity contribution in [3.8, 4) is 0 Å². The minimum absolute atomic E-state index is 0.0276. The summed E-state index contributed by atoms with van der Waals surface area (Å²) in [5, 5.41) is 0. The summed E-state index contributed by atoms with van der Waals surface area (Å²) in [5.74, 6) is 0. The van der Waals surface area contributed by atoms with Gasteiger partial charge in [0, 0.05) is 6.42 Å². The van der Waals surface area contributed by atoms with Crippen molar-refractivity contribution in [1.29, 1.82) is 0 Å². The maximum Gasteiger partial charge on any atom is 0.509 e. The van der Waals surface area contributed by atoms with Gasteiger partial charge in [0.15, 0.2) is 6.10 Å². The van der Waals surface area contributed by atoms with E-state index in [0.29, 0.717) is 6.61 Å². The lowest BCUT2D eigenvalue weighted by atomic mass is 10.0. The molecule has 0 aromatic carbocycles. The van der Waals surface area contributed by atoms with E-state index in [9.17, 15) is 4.79 Å². The monoisotopic (exact) mass is 158 g/mol. The average molecular weight is 158 g/mol. The molecule has 0 amide bonds. The SMILES string of the molecule is CC1OCCC2OC(=O)OC12. The molecule has 4 nitrogen and oxygen atoms in total. The van der Waals surface area contributed by atoms with E-state index in [1.807, 2.05) is 6.92 Å². The van der Waals surface area contributed by atoms with Crippen molar-refractivity contribution in [1.82, 2.24) is 0 Å². The van der Waals surface area contributed by atoms with Crippen LogP contribution >= 0.6 is 0 Å². The maximum atomic E-state index is 10.7. The predicted octanol–water partition coefficient (Wildman–Crippen LogP) is 0.699. The third-order valence-corrected chi connectivity index (χ3v) is 2.09. The van der Waals surface area contributed by atoms with Crippen molar-refractivity contribution in [2.75, 3.05) is 6.61 Å². The fourth-order valence-corrected chi connectivity index (χ4v) is 1.49. The van der Waals surface area contributed by atoms with Crippen LogP contribution in [-0.4, -0.2) is 31.1 Å². The van der Waals surface area contributed by atoms with E-state index in [1.54, 1.807) is 0 Å². The topological polar surface area (TPSA) is 44.8 Å². The molecule has 3 atom stereocenters. The largest absolute Gasteiger partial charge is 0.509 e. The maximum absolute atomic E-state index is 10.7. The highest BCUT2D eigenvalue weighted by molar-refractivity contribution is 5.62. The minimum Gasteiger partial charge on any atom is -0.427 e. The first-order chi connectivity index (χ1) is 5.27. The molecule has 0 spiro atoms. The number of rotatable bonds is 0. The summed E-state index contributed by atoms with van der Waals surface area (Å²) in [4.78, 5) is 10.7. The van der Waals surface area contributed by atoms with Gasteiger partial charge in [0.05, 0.1) is 12.7 Å². The lowest BCUT2D eigenvalue weighted by Crippen LogP contribution is -2.40. The van der Waals surface area contributed by atoms with Crippen LogP contribution in [0.3, 0.4) is 0 Å². The second kappa shape index (κ2) is 2.37. The normalized spacial score (nSPS) is 42.6. The molecular formula is C7H10O4. The van der Waals surface area contributed by atoms with E-state index in [4.69, 9.17) is 14.2 Å². The molecule has 2 aliphatic rings. The number of carbonyl (C=O) groups excluding carboxylic acids is 1. The molecule has 0 bridgehead atoms. The predicted molar refractivity (Wildman–Crippen MR) is 35.2 cm³/mol. The van der Waals surface area contributed by atoms with Gasteiger partial charge in [0.2, 0.25) is 0 Å². The first kappa shape index (κ1) is 6.91. The van der Waals surface area contributed by atoms with E-state index in [1.165, 1.54) is 0 Å². The van der Waals surface area contributed by atoms with Gasteiger partial charge in [-0.05, 0) is 6.92 Å². The Kier molecular flexibility index (Phi) is 1.49. The number of ether oxygens (including phenoxy) is 3. The summed E-state index contributed by atoms with van der Waals surface area (Å²) in [5.41, 5.74) is 0. The van der Waals surface area contributed by atoms with Crippen LogP contribution in [0.4, 0.5) is 4.79 Å². The lowest BCUT2D eigenvalue weighted by molar-refractivity contribution is -0.0733.